The largest absolute Gasteiger partial charge is 0.487 e. The lowest BCUT2D eigenvalue weighted by Crippen LogP contribution is -2.18. The van der Waals surface area contributed by atoms with Crippen LogP contribution in [0.25, 0.3) is 10.8 Å². The fourth-order valence-corrected chi connectivity index (χ4v) is 5.54. The van der Waals surface area contributed by atoms with E-state index in [1.807, 2.05) is 43.3 Å². The Bertz CT molecular complexity index is 1410. The molecule has 0 bridgehead atoms. The normalized spacial score (nSPS) is 11.7. The van der Waals surface area contributed by atoms with Gasteiger partial charge in [-0.25, -0.2) is 4.83 Å². The number of aryl methyl sites for hydroxylation is 1. The number of hydrazone groups is 1. The Morgan fingerprint density at radius 1 is 0.939 bits per heavy atom. The van der Waals surface area contributed by atoms with Gasteiger partial charge >= 0.3 is 0 Å². The number of benzene rings is 4. The number of hydrogen-bond donors (Lipinski definition) is 1. The average molecular weight is 588 g/mol. The Morgan fingerprint density at radius 3 is 2.33 bits per heavy atom. The van der Waals surface area contributed by atoms with E-state index in [1.54, 1.807) is 24.3 Å². The number of nitrogens with one attached hydrogen (secondary N) is 1. The number of fused-ring (bicyclic) bond motifs is 1. The van der Waals surface area contributed by atoms with Crippen LogP contribution in [0.1, 0.15) is 16.7 Å². The number of hydrogen-bond acceptors (Lipinski definition) is 4. The van der Waals surface area contributed by atoms with Gasteiger partial charge in [-0.1, -0.05) is 60.2 Å². The lowest BCUT2D eigenvalue weighted by molar-refractivity contribution is 0.303. The van der Waals surface area contributed by atoms with Crippen molar-refractivity contribution in [1.82, 2.24) is 4.83 Å². The van der Waals surface area contributed by atoms with Gasteiger partial charge in [0.1, 0.15) is 12.4 Å². The van der Waals surface area contributed by atoms with E-state index in [0.717, 1.165) is 30.8 Å². The minimum Gasteiger partial charge on any atom is -0.487 e. The van der Waals surface area contributed by atoms with Crippen molar-refractivity contribution in [3.8, 4) is 5.75 Å². The van der Waals surface area contributed by atoms with Gasteiger partial charge in [-0.2, -0.15) is 13.5 Å². The van der Waals surface area contributed by atoms with E-state index >= 15 is 0 Å². The SMILES string of the molecule is Cc1ccc(S(=O)(=O)N/N=C\c2cc(Br)c(OCc3cccc4ccccc34)c(Br)c2)cc1. The molecule has 0 aliphatic heterocycles. The van der Waals surface area contributed by atoms with Crippen molar-refractivity contribution in [2.24, 2.45) is 5.10 Å². The van der Waals surface area contributed by atoms with E-state index in [1.165, 1.54) is 6.21 Å². The Kier molecular flexibility index (Phi) is 7.17. The van der Waals surface area contributed by atoms with Crippen LogP contribution in [0.15, 0.2) is 97.8 Å². The van der Waals surface area contributed by atoms with Crippen molar-refractivity contribution in [3.05, 3.63) is 104 Å². The zero-order valence-corrected chi connectivity index (χ0v) is 21.6. The second-order valence-corrected chi connectivity index (χ2v) is 10.8. The van der Waals surface area contributed by atoms with Crippen LogP contribution in [-0.2, 0) is 16.6 Å². The van der Waals surface area contributed by atoms with E-state index in [4.69, 9.17) is 4.74 Å². The first-order valence-electron chi connectivity index (χ1n) is 10.0. The zero-order valence-electron chi connectivity index (χ0n) is 17.6. The smallest absolute Gasteiger partial charge is 0.276 e. The third kappa shape index (κ3) is 5.63. The maximum absolute atomic E-state index is 12.4. The molecule has 33 heavy (non-hydrogen) atoms. The van der Waals surface area contributed by atoms with Crippen molar-refractivity contribution >= 4 is 58.9 Å². The zero-order chi connectivity index (χ0) is 23.4. The maximum Gasteiger partial charge on any atom is 0.276 e. The first-order chi connectivity index (χ1) is 15.8. The highest BCUT2D eigenvalue weighted by atomic mass is 79.9. The molecule has 1 N–H and O–H groups in total. The Labute approximate surface area is 209 Å². The van der Waals surface area contributed by atoms with Crippen molar-refractivity contribution in [2.45, 2.75) is 18.4 Å². The van der Waals surface area contributed by atoms with E-state index in [-0.39, 0.29) is 4.90 Å². The molecule has 0 atom stereocenters. The third-order valence-electron chi connectivity index (χ3n) is 4.99. The van der Waals surface area contributed by atoms with Crippen LogP contribution in [0.2, 0.25) is 0 Å². The Morgan fingerprint density at radius 2 is 1.61 bits per heavy atom. The van der Waals surface area contributed by atoms with E-state index in [9.17, 15) is 8.42 Å². The van der Waals surface area contributed by atoms with E-state index < -0.39 is 10.0 Å². The average Bonchev–Trinajstić information content (AvgIpc) is 2.79. The van der Waals surface area contributed by atoms with Crippen molar-refractivity contribution in [1.29, 1.82) is 0 Å². The van der Waals surface area contributed by atoms with Gasteiger partial charge in [0.25, 0.3) is 10.0 Å². The van der Waals surface area contributed by atoms with E-state index in [0.29, 0.717) is 17.9 Å². The molecule has 0 aliphatic rings. The molecule has 0 amide bonds. The summed E-state index contributed by atoms with van der Waals surface area (Å²) in [5.41, 5.74) is 2.76. The van der Waals surface area contributed by atoms with E-state index in [2.05, 4.69) is 60.0 Å². The van der Waals surface area contributed by atoms with Gasteiger partial charge in [0, 0.05) is 0 Å². The summed E-state index contributed by atoms with van der Waals surface area (Å²) in [6, 6.07) is 24.5. The molecule has 0 saturated heterocycles. The molecule has 0 radical (unpaired) electrons. The van der Waals surface area contributed by atoms with Crippen LogP contribution < -0.4 is 9.57 Å². The third-order valence-corrected chi connectivity index (χ3v) is 7.41. The van der Waals surface area contributed by atoms with Crippen LogP contribution in [0.3, 0.4) is 0 Å². The second kappa shape index (κ2) is 10.1. The fraction of sp³-hybridized carbons (Fsp3) is 0.0800. The molecule has 0 spiro atoms. The van der Waals surface area contributed by atoms with Crippen molar-refractivity contribution in [3.63, 3.8) is 0 Å². The second-order valence-electron chi connectivity index (χ2n) is 7.41. The summed E-state index contributed by atoms with van der Waals surface area (Å²) in [6.07, 6.45) is 1.44. The first kappa shape index (κ1) is 23.5. The number of ether oxygens (including phenoxy) is 1. The van der Waals surface area contributed by atoms with Crippen LogP contribution in [0.5, 0.6) is 5.75 Å². The summed E-state index contributed by atoms with van der Waals surface area (Å²) >= 11 is 7.08. The molecule has 0 unspecified atom stereocenters. The molecule has 0 aromatic heterocycles. The summed E-state index contributed by atoms with van der Waals surface area (Å²) in [4.78, 5) is 2.40. The van der Waals surface area contributed by atoms with Gasteiger partial charge < -0.3 is 4.74 Å². The quantitative estimate of drug-likeness (QED) is 0.196. The predicted molar refractivity (Wildman–Crippen MR) is 139 cm³/mol. The highest BCUT2D eigenvalue weighted by Gasteiger charge is 2.13. The summed E-state index contributed by atoms with van der Waals surface area (Å²) < 4.78 is 32.3. The van der Waals surface area contributed by atoms with Gasteiger partial charge in [-0.15, -0.1) is 0 Å². The van der Waals surface area contributed by atoms with Crippen molar-refractivity contribution in [2.75, 3.05) is 0 Å². The molecule has 5 nitrogen and oxygen atoms in total. The van der Waals surface area contributed by atoms with Crippen LogP contribution in [-0.4, -0.2) is 14.6 Å². The van der Waals surface area contributed by atoms with Crippen LogP contribution in [0, 0.1) is 6.92 Å². The monoisotopic (exact) mass is 586 g/mol. The molecule has 0 fully saturated rings. The molecule has 8 heteroatoms. The molecule has 4 aromatic carbocycles. The molecular weight excluding hydrogens is 568 g/mol. The lowest BCUT2D eigenvalue weighted by Gasteiger charge is -2.13. The summed E-state index contributed by atoms with van der Waals surface area (Å²) in [7, 11) is -3.73. The lowest BCUT2D eigenvalue weighted by atomic mass is 10.1. The molecule has 0 saturated carbocycles. The number of sulfonamides is 1. The number of nitrogens with zero attached hydrogens (tertiary/aromatic N) is 1. The number of rotatable bonds is 7. The molecule has 4 aromatic rings. The molecule has 168 valence electrons. The fourth-order valence-electron chi connectivity index (χ4n) is 3.30. The van der Waals surface area contributed by atoms with Gasteiger partial charge in [0.15, 0.2) is 0 Å². The molecule has 4 rings (SSSR count). The van der Waals surface area contributed by atoms with Crippen LogP contribution in [0.4, 0.5) is 0 Å². The highest BCUT2D eigenvalue weighted by Crippen LogP contribution is 2.35. The van der Waals surface area contributed by atoms with Crippen molar-refractivity contribution < 1.29 is 13.2 Å². The Balaban J connectivity index is 1.47. The Hall–Kier alpha value is -2.68. The first-order valence-corrected chi connectivity index (χ1v) is 13.1. The molecule has 0 aliphatic carbocycles. The molecule has 0 heterocycles. The maximum atomic E-state index is 12.4. The minimum absolute atomic E-state index is 0.157. The minimum atomic E-state index is -3.73. The van der Waals surface area contributed by atoms with Gasteiger partial charge in [0.05, 0.1) is 20.1 Å². The summed E-state index contributed by atoms with van der Waals surface area (Å²) in [5, 5.41) is 6.22. The standard InChI is InChI=1S/C25H20Br2N2O3S/c1-17-9-11-21(12-10-17)33(30,31)29-28-15-18-13-23(26)25(24(27)14-18)32-16-20-7-4-6-19-5-2-3-8-22(19)20/h2-15,29H,16H2,1H3/b28-15-. The topological polar surface area (TPSA) is 67.8 Å². The van der Waals surface area contributed by atoms with Crippen LogP contribution >= 0.6 is 31.9 Å². The molecular formula is C25H20Br2N2O3S. The highest BCUT2D eigenvalue weighted by molar-refractivity contribution is 9.11. The number of halogens is 2. The van der Waals surface area contributed by atoms with Gasteiger partial charge in [-0.05, 0) is 84.9 Å². The predicted octanol–water partition coefficient (Wildman–Crippen LogP) is 6.56. The summed E-state index contributed by atoms with van der Waals surface area (Å²) in [6.45, 7) is 2.30. The van der Waals surface area contributed by atoms with Gasteiger partial charge in [-0.3, -0.25) is 0 Å². The summed E-state index contributed by atoms with van der Waals surface area (Å²) in [5.74, 6) is 0.653. The van der Waals surface area contributed by atoms with Gasteiger partial charge in [0.2, 0.25) is 0 Å².